The van der Waals surface area contributed by atoms with E-state index in [1.54, 1.807) is 0 Å². The van der Waals surface area contributed by atoms with Crippen molar-refractivity contribution in [2.24, 2.45) is 5.92 Å². The molecule has 0 spiro atoms. The van der Waals surface area contributed by atoms with Gasteiger partial charge in [0.25, 0.3) is 0 Å². The molecule has 110 valence electrons. The van der Waals surface area contributed by atoms with Crippen LogP contribution in [0.1, 0.15) is 46.5 Å². The van der Waals surface area contributed by atoms with Crippen molar-refractivity contribution in [1.29, 1.82) is 0 Å². The molecule has 0 aromatic carbocycles. The van der Waals surface area contributed by atoms with Crippen molar-refractivity contribution in [3.63, 3.8) is 0 Å². The van der Waals surface area contributed by atoms with E-state index in [1.807, 2.05) is 0 Å². The standard InChI is InChI=1S/C15H29N3O/c1-15(2,3)16-10-12-6-8-18(9-7-12)11-14(19)17-13-4-5-13/h12-13,16H,4-11H2,1-3H3,(H,17,19). The lowest BCUT2D eigenvalue weighted by Gasteiger charge is -2.33. The Morgan fingerprint density at radius 2 is 1.79 bits per heavy atom. The molecule has 1 aliphatic heterocycles. The Hall–Kier alpha value is -0.610. The van der Waals surface area contributed by atoms with E-state index in [4.69, 9.17) is 0 Å². The zero-order chi connectivity index (χ0) is 13.9. The van der Waals surface area contributed by atoms with Crippen LogP contribution < -0.4 is 10.6 Å². The molecule has 1 aliphatic carbocycles. The highest BCUT2D eigenvalue weighted by atomic mass is 16.2. The average molecular weight is 267 g/mol. The first-order valence-corrected chi connectivity index (χ1v) is 7.69. The van der Waals surface area contributed by atoms with Crippen molar-refractivity contribution in [3.05, 3.63) is 0 Å². The van der Waals surface area contributed by atoms with Gasteiger partial charge in [0.15, 0.2) is 0 Å². The van der Waals surface area contributed by atoms with Crippen LogP contribution in [-0.4, -0.2) is 48.6 Å². The minimum atomic E-state index is 0.210. The molecule has 1 saturated heterocycles. The van der Waals surface area contributed by atoms with Crippen LogP contribution in [0.3, 0.4) is 0 Å². The average Bonchev–Trinajstić information content (AvgIpc) is 3.11. The van der Waals surface area contributed by atoms with Gasteiger partial charge in [-0.3, -0.25) is 9.69 Å². The smallest absolute Gasteiger partial charge is 0.234 e. The highest BCUT2D eigenvalue weighted by Gasteiger charge is 2.26. The van der Waals surface area contributed by atoms with Gasteiger partial charge in [0.2, 0.25) is 5.91 Å². The summed E-state index contributed by atoms with van der Waals surface area (Å²) in [4.78, 5) is 14.0. The number of rotatable bonds is 5. The van der Waals surface area contributed by atoms with Crippen molar-refractivity contribution in [2.75, 3.05) is 26.2 Å². The van der Waals surface area contributed by atoms with Gasteiger partial charge in [0, 0.05) is 11.6 Å². The molecule has 2 rings (SSSR count). The lowest BCUT2D eigenvalue weighted by molar-refractivity contribution is -0.122. The van der Waals surface area contributed by atoms with Crippen molar-refractivity contribution >= 4 is 5.91 Å². The van der Waals surface area contributed by atoms with Crippen molar-refractivity contribution < 1.29 is 4.79 Å². The first kappa shape index (κ1) is 14.8. The normalized spacial score (nSPS) is 22.5. The number of nitrogens with zero attached hydrogens (tertiary/aromatic N) is 1. The Balaban J connectivity index is 1.60. The lowest BCUT2D eigenvalue weighted by atomic mass is 9.95. The second-order valence-corrected chi connectivity index (χ2v) is 7.19. The van der Waals surface area contributed by atoms with Crippen LogP contribution in [-0.2, 0) is 4.79 Å². The van der Waals surface area contributed by atoms with Gasteiger partial charge in [-0.05, 0) is 72.0 Å². The fourth-order valence-electron chi connectivity index (χ4n) is 2.50. The molecule has 0 radical (unpaired) electrons. The summed E-state index contributed by atoms with van der Waals surface area (Å²) in [5, 5.41) is 6.65. The largest absolute Gasteiger partial charge is 0.352 e. The third-order valence-corrected chi connectivity index (χ3v) is 3.94. The molecule has 2 fully saturated rings. The van der Waals surface area contributed by atoms with Gasteiger partial charge in [0.1, 0.15) is 0 Å². The van der Waals surface area contributed by atoms with Gasteiger partial charge in [-0.15, -0.1) is 0 Å². The summed E-state index contributed by atoms with van der Waals surface area (Å²) >= 11 is 0. The number of carbonyl (C=O) groups is 1. The van der Waals surface area contributed by atoms with Crippen LogP contribution in [0, 0.1) is 5.92 Å². The van der Waals surface area contributed by atoms with E-state index in [2.05, 4.69) is 36.3 Å². The fourth-order valence-corrected chi connectivity index (χ4v) is 2.50. The third kappa shape index (κ3) is 5.91. The van der Waals surface area contributed by atoms with Gasteiger partial charge >= 0.3 is 0 Å². The van der Waals surface area contributed by atoms with E-state index in [9.17, 15) is 4.79 Å². The first-order valence-electron chi connectivity index (χ1n) is 7.69. The summed E-state index contributed by atoms with van der Waals surface area (Å²) in [6, 6.07) is 0.487. The zero-order valence-electron chi connectivity index (χ0n) is 12.7. The van der Waals surface area contributed by atoms with Gasteiger partial charge in [-0.25, -0.2) is 0 Å². The molecule has 0 aromatic rings. The second kappa shape index (κ2) is 6.23. The molecule has 0 unspecified atom stereocenters. The molecular formula is C15H29N3O. The SMILES string of the molecule is CC(C)(C)NCC1CCN(CC(=O)NC2CC2)CC1. The summed E-state index contributed by atoms with van der Waals surface area (Å²) in [6.45, 7) is 10.5. The van der Waals surface area contributed by atoms with E-state index < -0.39 is 0 Å². The summed E-state index contributed by atoms with van der Waals surface area (Å²) < 4.78 is 0. The van der Waals surface area contributed by atoms with E-state index in [1.165, 1.54) is 25.7 Å². The van der Waals surface area contributed by atoms with Crippen LogP contribution in [0.5, 0.6) is 0 Å². The fraction of sp³-hybridized carbons (Fsp3) is 0.933. The molecule has 4 nitrogen and oxygen atoms in total. The molecule has 1 saturated carbocycles. The van der Waals surface area contributed by atoms with Gasteiger partial charge in [-0.1, -0.05) is 0 Å². The van der Waals surface area contributed by atoms with E-state index in [0.717, 1.165) is 25.6 Å². The molecule has 2 N–H and O–H groups in total. The number of piperidine rings is 1. The number of hydrogen-bond donors (Lipinski definition) is 2. The van der Waals surface area contributed by atoms with E-state index in [-0.39, 0.29) is 11.4 Å². The summed E-state index contributed by atoms with van der Waals surface area (Å²) in [7, 11) is 0. The molecule has 19 heavy (non-hydrogen) atoms. The van der Waals surface area contributed by atoms with E-state index in [0.29, 0.717) is 12.6 Å². The van der Waals surface area contributed by atoms with Crippen molar-refractivity contribution in [3.8, 4) is 0 Å². The Bertz CT molecular complexity index is 299. The van der Waals surface area contributed by atoms with E-state index >= 15 is 0 Å². The van der Waals surface area contributed by atoms with Gasteiger partial charge in [-0.2, -0.15) is 0 Å². The molecular weight excluding hydrogens is 238 g/mol. The van der Waals surface area contributed by atoms with Crippen LogP contribution in [0.4, 0.5) is 0 Å². The summed E-state index contributed by atoms with van der Waals surface area (Å²) in [5.74, 6) is 0.982. The molecule has 1 heterocycles. The second-order valence-electron chi connectivity index (χ2n) is 7.19. The highest BCUT2D eigenvalue weighted by molar-refractivity contribution is 5.78. The molecule has 4 heteroatoms. The van der Waals surface area contributed by atoms with Crippen LogP contribution in [0.2, 0.25) is 0 Å². The number of nitrogens with one attached hydrogen (secondary N) is 2. The number of amides is 1. The molecule has 2 aliphatic rings. The predicted molar refractivity (Wildman–Crippen MR) is 78.1 cm³/mol. The summed E-state index contributed by atoms with van der Waals surface area (Å²) in [6.07, 6.45) is 4.76. The molecule has 0 atom stereocenters. The highest BCUT2D eigenvalue weighted by Crippen LogP contribution is 2.19. The predicted octanol–water partition coefficient (Wildman–Crippen LogP) is 1.37. The zero-order valence-corrected chi connectivity index (χ0v) is 12.7. The van der Waals surface area contributed by atoms with Crippen LogP contribution in [0.15, 0.2) is 0 Å². The number of likely N-dealkylation sites (tertiary alicyclic amines) is 1. The minimum Gasteiger partial charge on any atom is -0.352 e. The Morgan fingerprint density at radius 1 is 1.16 bits per heavy atom. The molecule has 0 bridgehead atoms. The maximum atomic E-state index is 11.7. The Labute approximate surface area is 117 Å². The van der Waals surface area contributed by atoms with Crippen molar-refractivity contribution in [1.82, 2.24) is 15.5 Å². The monoisotopic (exact) mass is 267 g/mol. The Kier molecular flexibility index (Phi) is 4.85. The van der Waals surface area contributed by atoms with Crippen LogP contribution in [0.25, 0.3) is 0 Å². The maximum Gasteiger partial charge on any atom is 0.234 e. The minimum absolute atomic E-state index is 0.210. The molecule has 0 aromatic heterocycles. The summed E-state index contributed by atoms with van der Waals surface area (Å²) in [5.41, 5.74) is 0.210. The van der Waals surface area contributed by atoms with Gasteiger partial charge < -0.3 is 10.6 Å². The van der Waals surface area contributed by atoms with Crippen molar-refractivity contribution in [2.45, 2.75) is 58.0 Å². The molecule has 1 amide bonds. The number of carbonyl (C=O) groups excluding carboxylic acids is 1. The maximum absolute atomic E-state index is 11.7. The number of hydrogen-bond acceptors (Lipinski definition) is 3. The quantitative estimate of drug-likeness (QED) is 0.790. The first-order chi connectivity index (χ1) is 8.92. The third-order valence-electron chi connectivity index (χ3n) is 3.94. The Morgan fingerprint density at radius 3 is 2.32 bits per heavy atom. The lowest BCUT2D eigenvalue weighted by Crippen LogP contribution is -2.45. The topological polar surface area (TPSA) is 44.4 Å². The van der Waals surface area contributed by atoms with Crippen LogP contribution >= 0.6 is 0 Å². The van der Waals surface area contributed by atoms with Gasteiger partial charge in [0.05, 0.1) is 6.54 Å².